The molecule has 5 aromatic carbocycles. The number of ether oxygens (including phenoxy) is 2. The molecule has 0 N–H and O–H groups in total. The van der Waals surface area contributed by atoms with Gasteiger partial charge in [-0.1, -0.05) is 103 Å². The van der Waals surface area contributed by atoms with Gasteiger partial charge in [0.05, 0.1) is 5.69 Å². The van der Waals surface area contributed by atoms with E-state index >= 15 is 0 Å². The molecule has 0 aliphatic rings. The number of benzene rings is 5. The Labute approximate surface area is 212 Å². The number of aliphatic imine (C=N–C) groups is 1. The fourth-order valence-electron chi connectivity index (χ4n) is 3.83. The highest BCUT2D eigenvalue weighted by Crippen LogP contribution is 2.27. The van der Waals surface area contributed by atoms with Crippen LogP contribution in [-0.4, -0.2) is 6.21 Å². The van der Waals surface area contributed by atoms with E-state index in [1.165, 1.54) is 11.1 Å². The van der Waals surface area contributed by atoms with Gasteiger partial charge in [-0.25, -0.2) is 0 Å². The zero-order chi connectivity index (χ0) is 24.4. The first-order chi connectivity index (χ1) is 17.8. The molecule has 0 fully saturated rings. The summed E-state index contributed by atoms with van der Waals surface area (Å²) in [5.74, 6) is 1.49. The van der Waals surface area contributed by atoms with Crippen molar-refractivity contribution in [3.05, 3.63) is 150 Å². The quantitative estimate of drug-likeness (QED) is 0.203. The van der Waals surface area contributed by atoms with Gasteiger partial charge >= 0.3 is 0 Å². The lowest BCUT2D eigenvalue weighted by Crippen LogP contribution is -2.00. The third-order valence-electron chi connectivity index (χ3n) is 5.80. The number of hydrogen-bond acceptors (Lipinski definition) is 3. The van der Waals surface area contributed by atoms with Crippen LogP contribution in [0.25, 0.3) is 11.1 Å². The fraction of sp³-hybridized carbons (Fsp3) is 0.0606. The minimum absolute atomic E-state index is 0.468. The first-order valence-electron chi connectivity index (χ1n) is 12.0. The van der Waals surface area contributed by atoms with Gasteiger partial charge in [0, 0.05) is 17.8 Å². The smallest absolute Gasteiger partial charge is 0.132 e. The van der Waals surface area contributed by atoms with Crippen LogP contribution in [0.2, 0.25) is 0 Å². The minimum Gasteiger partial charge on any atom is -0.489 e. The van der Waals surface area contributed by atoms with Gasteiger partial charge in [-0.3, -0.25) is 4.99 Å². The Hall–Kier alpha value is -4.63. The molecule has 3 heteroatoms. The summed E-state index contributed by atoms with van der Waals surface area (Å²) in [5, 5.41) is 0. The number of rotatable bonds is 9. The van der Waals surface area contributed by atoms with Crippen LogP contribution in [0.15, 0.2) is 138 Å². The van der Waals surface area contributed by atoms with Crippen LogP contribution in [0.3, 0.4) is 0 Å². The van der Waals surface area contributed by atoms with E-state index < -0.39 is 0 Å². The molecule has 5 aromatic rings. The Kier molecular flexibility index (Phi) is 7.50. The molecular weight excluding hydrogens is 442 g/mol. The monoisotopic (exact) mass is 469 g/mol. The van der Waals surface area contributed by atoms with E-state index in [9.17, 15) is 0 Å². The molecule has 0 amide bonds. The van der Waals surface area contributed by atoms with E-state index in [0.717, 1.165) is 33.9 Å². The van der Waals surface area contributed by atoms with Crippen LogP contribution in [0.1, 0.15) is 16.7 Å². The largest absolute Gasteiger partial charge is 0.489 e. The van der Waals surface area contributed by atoms with Crippen LogP contribution in [0, 0.1) is 0 Å². The van der Waals surface area contributed by atoms with Gasteiger partial charge in [0.25, 0.3) is 0 Å². The summed E-state index contributed by atoms with van der Waals surface area (Å²) in [7, 11) is 0. The maximum absolute atomic E-state index is 6.21. The van der Waals surface area contributed by atoms with Gasteiger partial charge in [-0.15, -0.1) is 0 Å². The highest BCUT2D eigenvalue weighted by molar-refractivity contribution is 5.86. The third kappa shape index (κ3) is 6.28. The average molecular weight is 470 g/mol. The number of nitrogens with zero attached hydrogens (tertiary/aromatic N) is 1. The van der Waals surface area contributed by atoms with Crippen molar-refractivity contribution < 1.29 is 9.47 Å². The standard InChI is InChI=1S/C33H27NO2/c1-4-10-26(11-5-1)24-35-32-21-18-30(33(22-32)36-25-27-12-6-2-7-13-27)23-34-31-19-16-29(17-20-31)28-14-8-3-9-15-28/h1-23H,24-25H2. The van der Waals surface area contributed by atoms with Crippen molar-refractivity contribution in [1.29, 1.82) is 0 Å². The predicted molar refractivity (Wildman–Crippen MR) is 147 cm³/mol. The zero-order valence-corrected chi connectivity index (χ0v) is 20.0. The molecule has 0 radical (unpaired) electrons. The van der Waals surface area contributed by atoms with Gasteiger partial charge < -0.3 is 9.47 Å². The zero-order valence-electron chi connectivity index (χ0n) is 20.0. The highest BCUT2D eigenvalue weighted by atomic mass is 16.5. The third-order valence-corrected chi connectivity index (χ3v) is 5.80. The topological polar surface area (TPSA) is 30.8 Å². The van der Waals surface area contributed by atoms with E-state index in [2.05, 4.69) is 48.5 Å². The Morgan fingerprint density at radius 3 is 1.72 bits per heavy atom. The van der Waals surface area contributed by atoms with Gasteiger partial charge in [0.15, 0.2) is 0 Å². The van der Waals surface area contributed by atoms with Crippen molar-refractivity contribution in [3.63, 3.8) is 0 Å². The van der Waals surface area contributed by atoms with Crippen LogP contribution < -0.4 is 9.47 Å². The Bertz CT molecular complexity index is 1400. The molecule has 0 spiro atoms. The van der Waals surface area contributed by atoms with E-state index in [1.54, 1.807) is 0 Å². The van der Waals surface area contributed by atoms with Gasteiger partial charge in [0.2, 0.25) is 0 Å². The Morgan fingerprint density at radius 2 is 1.08 bits per heavy atom. The lowest BCUT2D eigenvalue weighted by atomic mass is 10.1. The molecule has 0 heterocycles. The molecule has 0 aliphatic carbocycles. The summed E-state index contributed by atoms with van der Waals surface area (Å²) in [4.78, 5) is 4.70. The van der Waals surface area contributed by atoms with Gasteiger partial charge in [-0.05, 0) is 46.5 Å². The molecular formula is C33H27NO2. The number of hydrogen-bond donors (Lipinski definition) is 0. The maximum atomic E-state index is 6.21. The molecule has 0 saturated heterocycles. The highest BCUT2D eigenvalue weighted by Gasteiger charge is 2.07. The molecule has 0 aromatic heterocycles. The summed E-state index contributed by atoms with van der Waals surface area (Å²) < 4.78 is 12.2. The second kappa shape index (κ2) is 11.7. The molecule has 0 saturated carbocycles. The normalized spacial score (nSPS) is 10.9. The summed E-state index contributed by atoms with van der Waals surface area (Å²) in [6.07, 6.45) is 1.85. The molecule has 0 unspecified atom stereocenters. The summed E-state index contributed by atoms with van der Waals surface area (Å²) in [6.45, 7) is 0.968. The van der Waals surface area contributed by atoms with Crippen molar-refractivity contribution in [2.24, 2.45) is 4.99 Å². The second-order valence-electron chi connectivity index (χ2n) is 8.42. The molecule has 0 aliphatic heterocycles. The van der Waals surface area contributed by atoms with E-state index in [1.807, 2.05) is 91.1 Å². The van der Waals surface area contributed by atoms with Gasteiger partial charge in [-0.2, -0.15) is 0 Å². The molecule has 176 valence electrons. The van der Waals surface area contributed by atoms with Gasteiger partial charge in [0.1, 0.15) is 24.7 Å². The summed E-state index contributed by atoms with van der Waals surface area (Å²) in [5.41, 5.74) is 6.36. The Balaban J connectivity index is 1.34. The lowest BCUT2D eigenvalue weighted by Gasteiger charge is -2.12. The van der Waals surface area contributed by atoms with Crippen LogP contribution >= 0.6 is 0 Å². The summed E-state index contributed by atoms with van der Waals surface area (Å²) >= 11 is 0. The van der Waals surface area contributed by atoms with Crippen LogP contribution in [0.5, 0.6) is 11.5 Å². The first-order valence-corrected chi connectivity index (χ1v) is 12.0. The molecule has 3 nitrogen and oxygen atoms in total. The average Bonchev–Trinajstić information content (AvgIpc) is 2.96. The summed E-state index contributed by atoms with van der Waals surface area (Å²) in [6, 6.07) is 44.7. The van der Waals surface area contributed by atoms with E-state index in [0.29, 0.717) is 13.2 Å². The van der Waals surface area contributed by atoms with E-state index in [4.69, 9.17) is 14.5 Å². The minimum atomic E-state index is 0.468. The lowest BCUT2D eigenvalue weighted by molar-refractivity contribution is 0.289. The van der Waals surface area contributed by atoms with Crippen molar-refractivity contribution in [2.45, 2.75) is 13.2 Å². The maximum Gasteiger partial charge on any atom is 0.132 e. The van der Waals surface area contributed by atoms with E-state index in [-0.39, 0.29) is 0 Å². The molecule has 5 rings (SSSR count). The van der Waals surface area contributed by atoms with Crippen LogP contribution in [0.4, 0.5) is 5.69 Å². The second-order valence-corrected chi connectivity index (χ2v) is 8.42. The fourth-order valence-corrected chi connectivity index (χ4v) is 3.83. The van der Waals surface area contributed by atoms with Crippen molar-refractivity contribution >= 4 is 11.9 Å². The van der Waals surface area contributed by atoms with Crippen LogP contribution in [-0.2, 0) is 13.2 Å². The van der Waals surface area contributed by atoms with Crippen molar-refractivity contribution in [1.82, 2.24) is 0 Å². The van der Waals surface area contributed by atoms with Crippen molar-refractivity contribution in [2.75, 3.05) is 0 Å². The SMILES string of the molecule is C(=Nc1ccc(-c2ccccc2)cc1)c1ccc(OCc2ccccc2)cc1OCc1ccccc1. The molecule has 0 bridgehead atoms. The molecule has 0 atom stereocenters. The van der Waals surface area contributed by atoms with Crippen molar-refractivity contribution in [3.8, 4) is 22.6 Å². The Morgan fingerprint density at radius 1 is 0.528 bits per heavy atom. The predicted octanol–water partition coefficient (Wildman–Crippen LogP) is 8.26. The molecule has 36 heavy (non-hydrogen) atoms. The first kappa shape index (κ1) is 23.1.